The maximum absolute atomic E-state index is 14.3. The zero-order valence-electron chi connectivity index (χ0n) is 17.6. The Kier molecular flexibility index (Phi) is 5.22. The molecule has 11 heteroatoms. The van der Waals surface area contributed by atoms with Crippen LogP contribution in [0.5, 0.6) is 5.75 Å². The summed E-state index contributed by atoms with van der Waals surface area (Å²) >= 11 is 1.19. The number of nitriles is 1. The standard InChI is InChI=1S/C23H15F2N5O3S/c1-29-18-6-12(8-26)2-5-20(18)33-10-17(22(29)32)27-21(31)16-9-30-19(11-34-23(30)28-16)14-4-3-13(24)7-15(14)25/h2-7,9,11,17H,10H2,1H3,(H,27,31)/t17-/m0/s1. The van der Waals surface area contributed by atoms with E-state index in [0.717, 1.165) is 12.1 Å². The number of hydrogen-bond donors (Lipinski definition) is 1. The lowest BCUT2D eigenvalue weighted by atomic mass is 10.1. The highest BCUT2D eigenvalue weighted by molar-refractivity contribution is 7.15. The molecule has 0 fully saturated rings. The smallest absolute Gasteiger partial charge is 0.272 e. The fraction of sp³-hybridized carbons (Fsp3) is 0.130. The number of amides is 2. The Morgan fingerprint density at radius 1 is 1.29 bits per heavy atom. The number of hydrogen-bond acceptors (Lipinski definition) is 6. The molecule has 2 aromatic heterocycles. The zero-order chi connectivity index (χ0) is 24.0. The second-order valence-electron chi connectivity index (χ2n) is 7.55. The van der Waals surface area contributed by atoms with Crippen molar-refractivity contribution in [3.05, 3.63) is 70.9 Å². The molecule has 5 rings (SSSR count). The molecule has 34 heavy (non-hydrogen) atoms. The van der Waals surface area contributed by atoms with Gasteiger partial charge in [0.2, 0.25) is 0 Å². The van der Waals surface area contributed by atoms with Gasteiger partial charge in [0.15, 0.2) is 4.96 Å². The van der Waals surface area contributed by atoms with Gasteiger partial charge in [-0.1, -0.05) is 0 Å². The van der Waals surface area contributed by atoms with Crippen LogP contribution in [0.1, 0.15) is 16.1 Å². The number of aromatic nitrogens is 2. The third kappa shape index (κ3) is 3.64. The van der Waals surface area contributed by atoms with Crippen molar-refractivity contribution in [2.45, 2.75) is 6.04 Å². The third-order valence-corrected chi connectivity index (χ3v) is 6.28. The lowest BCUT2D eigenvalue weighted by Gasteiger charge is -2.20. The lowest BCUT2D eigenvalue weighted by molar-refractivity contribution is -0.120. The minimum Gasteiger partial charge on any atom is -0.489 e. The first kappa shape index (κ1) is 21.5. The fourth-order valence-electron chi connectivity index (χ4n) is 3.69. The van der Waals surface area contributed by atoms with Crippen LogP contribution in [0.4, 0.5) is 14.5 Å². The van der Waals surface area contributed by atoms with E-state index in [-0.39, 0.29) is 17.9 Å². The summed E-state index contributed by atoms with van der Waals surface area (Å²) in [6.45, 7) is -0.109. The third-order valence-electron chi connectivity index (χ3n) is 5.44. The van der Waals surface area contributed by atoms with Crippen molar-refractivity contribution in [3.63, 3.8) is 0 Å². The van der Waals surface area contributed by atoms with Crippen LogP contribution in [0, 0.1) is 23.0 Å². The molecule has 4 aromatic rings. The van der Waals surface area contributed by atoms with Gasteiger partial charge in [-0.2, -0.15) is 5.26 Å². The number of anilines is 1. The summed E-state index contributed by atoms with van der Waals surface area (Å²) in [6, 6.07) is 8.99. The summed E-state index contributed by atoms with van der Waals surface area (Å²) in [5.74, 6) is -2.04. The van der Waals surface area contributed by atoms with Crippen LogP contribution in [0.2, 0.25) is 0 Å². The molecule has 0 aliphatic carbocycles. The van der Waals surface area contributed by atoms with Crippen LogP contribution < -0.4 is 15.0 Å². The summed E-state index contributed by atoms with van der Waals surface area (Å²) in [4.78, 5) is 31.9. The molecule has 3 heterocycles. The maximum Gasteiger partial charge on any atom is 0.272 e. The molecule has 8 nitrogen and oxygen atoms in total. The number of carbonyl (C=O) groups excluding carboxylic acids is 2. The van der Waals surface area contributed by atoms with Crippen LogP contribution in [0.15, 0.2) is 48.0 Å². The van der Waals surface area contributed by atoms with Gasteiger partial charge in [0.05, 0.1) is 23.0 Å². The van der Waals surface area contributed by atoms with Crippen molar-refractivity contribution >= 4 is 33.8 Å². The van der Waals surface area contributed by atoms with E-state index in [0.29, 0.717) is 27.7 Å². The number of ether oxygens (including phenoxy) is 1. The second-order valence-corrected chi connectivity index (χ2v) is 8.39. The highest BCUT2D eigenvalue weighted by Crippen LogP contribution is 2.32. The molecule has 2 aromatic carbocycles. The summed E-state index contributed by atoms with van der Waals surface area (Å²) in [6.07, 6.45) is 1.43. The zero-order valence-corrected chi connectivity index (χ0v) is 18.4. The number of fused-ring (bicyclic) bond motifs is 2. The van der Waals surface area contributed by atoms with Crippen LogP contribution >= 0.6 is 11.3 Å². The van der Waals surface area contributed by atoms with Crippen LogP contribution in [0.3, 0.4) is 0 Å². The summed E-state index contributed by atoms with van der Waals surface area (Å²) in [5.41, 5.74) is 1.41. The molecule has 0 saturated heterocycles. The molecule has 1 N–H and O–H groups in total. The first-order valence-corrected chi connectivity index (χ1v) is 10.9. The minimum atomic E-state index is -0.996. The maximum atomic E-state index is 14.3. The van der Waals surface area contributed by atoms with Gasteiger partial charge in [0.1, 0.15) is 35.7 Å². The van der Waals surface area contributed by atoms with E-state index in [2.05, 4.69) is 10.3 Å². The molecule has 1 aliphatic rings. The van der Waals surface area contributed by atoms with E-state index in [1.165, 1.54) is 46.0 Å². The average Bonchev–Trinajstić information content (AvgIpc) is 3.39. The molecule has 170 valence electrons. The number of halogens is 2. The molecule has 1 aliphatic heterocycles. The first-order chi connectivity index (χ1) is 16.4. The van der Waals surface area contributed by atoms with Crippen LogP contribution in [-0.4, -0.2) is 40.9 Å². The molecule has 2 amide bonds. The Morgan fingerprint density at radius 2 is 2.12 bits per heavy atom. The quantitative estimate of drug-likeness (QED) is 0.486. The Hall–Kier alpha value is -4.30. The van der Waals surface area contributed by atoms with Crippen LogP contribution in [0.25, 0.3) is 16.2 Å². The highest BCUT2D eigenvalue weighted by atomic mass is 32.1. The largest absolute Gasteiger partial charge is 0.489 e. The first-order valence-electron chi connectivity index (χ1n) is 10.0. The predicted molar refractivity (Wildman–Crippen MR) is 120 cm³/mol. The Bertz CT molecular complexity index is 1510. The van der Waals surface area contributed by atoms with Gasteiger partial charge in [0.25, 0.3) is 11.8 Å². The van der Waals surface area contributed by atoms with Crippen molar-refractivity contribution in [1.29, 1.82) is 5.26 Å². The number of imidazole rings is 1. The number of likely N-dealkylation sites (N-methyl/N-ethyl adjacent to an activating group) is 1. The summed E-state index contributed by atoms with van der Waals surface area (Å²) in [7, 11) is 1.53. The van der Waals surface area contributed by atoms with Gasteiger partial charge in [-0.3, -0.25) is 14.0 Å². The monoisotopic (exact) mass is 479 g/mol. The summed E-state index contributed by atoms with van der Waals surface area (Å²) in [5, 5.41) is 13.4. The van der Waals surface area contributed by atoms with E-state index in [1.807, 2.05) is 6.07 Å². The van der Waals surface area contributed by atoms with Gasteiger partial charge in [-0.05, 0) is 30.3 Å². The van der Waals surface area contributed by atoms with Crippen LogP contribution in [-0.2, 0) is 4.79 Å². The molecule has 0 saturated carbocycles. The summed E-state index contributed by atoms with van der Waals surface area (Å²) < 4.78 is 34.8. The number of rotatable bonds is 3. The number of carbonyl (C=O) groups is 2. The van der Waals surface area contributed by atoms with Crippen molar-refractivity contribution in [2.24, 2.45) is 0 Å². The van der Waals surface area contributed by atoms with Gasteiger partial charge in [-0.25, -0.2) is 13.8 Å². The normalized spacial score (nSPS) is 15.4. The van der Waals surface area contributed by atoms with E-state index < -0.39 is 29.5 Å². The molecule has 0 unspecified atom stereocenters. The topological polar surface area (TPSA) is 99.7 Å². The van der Waals surface area contributed by atoms with Gasteiger partial charge in [0, 0.05) is 30.3 Å². The van der Waals surface area contributed by atoms with Crippen molar-refractivity contribution < 1.29 is 23.1 Å². The average molecular weight is 479 g/mol. The van der Waals surface area contributed by atoms with Crippen molar-refractivity contribution in [3.8, 4) is 23.1 Å². The Morgan fingerprint density at radius 3 is 2.88 bits per heavy atom. The fourth-order valence-corrected chi connectivity index (χ4v) is 4.56. The van der Waals surface area contributed by atoms with Gasteiger partial charge >= 0.3 is 0 Å². The van der Waals surface area contributed by atoms with Gasteiger partial charge in [-0.15, -0.1) is 11.3 Å². The SMILES string of the molecule is CN1C(=O)[C@@H](NC(=O)c2cn3c(-c4ccc(F)cc4F)csc3n2)COc2ccc(C#N)cc21. The molecular weight excluding hydrogens is 464 g/mol. The molecule has 0 radical (unpaired) electrons. The minimum absolute atomic E-state index is 0.0274. The molecular formula is C23H15F2N5O3S. The highest BCUT2D eigenvalue weighted by Gasteiger charge is 2.31. The number of nitrogens with zero attached hydrogens (tertiary/aromatic N) is 4. The Balaban J connectivity index is 1.39. The van der Waals surface area contributed by atoms with Gasteiger partial charge < -0.3 is 15.0 Å². The molecule has 0 bridgehead atoms. The number of nitrogens with one attached hydrogen (secondary N) is 1. The van der Waals surface area contributed by atoms with E-state index in [1.54, 1.807) is 17.5 Å². The number of thiazole rings is 1. The molecule has 1 atom stereocenters. The van der Waals surface area contributed by atoms with E-state index in [4.69, 9.17) is 10.00 Å². The molecule has 0 spiro atoms. The van der Waals surface area contributed by atoms with Crippen molar-refractivity contribution in [1.82, 2.24) is 14.7 Å². The predicted octanol–water partition coefficient (Wildman–Crippen LogP) is 3.37. The Labute approximate surface area is 195 Å². The number of benzene rings is 2. The lowest BCUT2D eigenvalue weighted by Crippen LogP contribution is -2.49. The van der Waals surface area contributed by atoms with E-state index >= 15 is 0 Å². The van der Waals surface area contributed by atoms with E-state index in [9.17, 15) is 18.4 Å². The second kappa shape index (κ2) is 8.24. The van der Waals surface area contributed by atoms with Crippen molar-refractivity contribution in [2.75, 3.05) is 18.6 Å².